The van der Waals surface area contributed by atoms with Crippen LogP contribution in [-0.2, 0) is 4.74 Å². The standard InChI is InChI=1S/C18H26F3NO2/c1-23-12-5-4-8-15(14-7-6-11-22-13-14)16-9-2-3-10-17(16)24-18(19,20)21/h2-3,9-10,14-15,22H,4-8,11-13H2,1H3/t14-,15-/m0/s1. The van der Waals surface area contributed by atoms with Crippen LogP contribution in [0.3, 0.4) is 0 Å². The quantitative estimate of drug-likeness (QED) is 0.705. The largest absolute Gasteiger partial charge is 0.573 e. The highest BCUT2D eigenvalue weighted by molar-refractivity contribution is 5.37. The summed E-state index contributed by atoms with van der Waals surface area (Å²) < 4.78 is 47.6. The molecular weight excluding hydrogens is 319 g/mol. The van der Waals surface area contributed by atoms with Crippen LogP contribution < -0.4 is 10.1 Å². The highest BCUT2D eigenvalue weighted by Gasteiger charge is 2.34. The molecule has 1 saturated heterocycles. The van der Waals surface area contributed by atoms with Crippen LogP contribution in [0.2, 0.25) is 0 Å². The highest BCUT2D eigenvalue weighted by Crippen LogP contribution is 2.40. The lowest BCUT2D eigenvalue weighted by molar-refractivity contribution is -0.275. The maximum Gasteiger partial charge on any atom is 0.573 e. The first-order valence-corrected chi connectivity index (χ1v) is 8.55. The minimum absolute atomic E-state index is 0.0627. The fourth-order valence-electron chi connectivity index (χ4n) is 3.48. The van der Waals surface area contributed by atoms with E-state index in [-0.39, 0.29) is 11.7 Å². The first kappa shape index (κ1) is 19.1. The van der Waals surface area contributed by atoms with Gasteiger partial charge in [-0.1, -0.05) is 24.6 Å². The number of halogens is 3. The Hall–Kier alpha value is -1.27. The van der Waals surface area contributed by atoms with Gasteiger partial charge in [0, 0.05) is 13.7 Å². The van der Waals surface area contributed by atoms with E-state index in [4.69, 9.17) is 4.74 Å². The molecule has 1 aromatic rings. The number of rotatable bonds is 8. The number of ether oxygens (including phenoxy) is 2. The number of methoxy groups -OCH3 is 1. The first-order valence-electron chi connectivity index (χ1n) is 8.55. The van der Waals surface area contributed by atoms with Crippen molar-refractivity contribution in [3.8, 4) is 5.75 Å². The third-order valence-electron chi connectivity index (χ3n) is 4.56. The predicted octanol–water partition coefficient (Wildman–Crippen LogP) is 4.49. The molecule has 0 aromatic heterocycles. The van der Waals surface area contributed by atoms with Crippen molar-refractivity contribution in [2.24, 2.45) is 5.92 Å². The van der Waals surface area contributed by atoms with E-state index in [2.05, 4.69) is 10.1 Å². The van der Waals surface area contributed by atoms with Crippen molar-refractivity contribution >= 4 is 0 Å². The van der Waals surface area contributed by atoms with Crippen molar-refractivity contribution in [1.82, 2.24) is 5.32 Å². The van der Waals surface area contributed by atoms with E-state index in [9.17, 15) is 13.2 Å². The van der Waals surface area contributed by atoms with Gasteiger partial charge in [0.25, 0.3) is 0 Å². The molecule has 2 rings (SSSR count). The number of piperidine rings is 1. The average molecular weight is 345 g/mol. The number of alkyl halides is 3. The maximum atomic E-state index is 12.7. The Kier molecular flexibility index (Phi) is 7.37. The van der Waals surface area contributed by atoms with E-state index >= 15 is 0 Å². The van der Waals surface area contributed by atoms with Crippen molar-refractivity contribution in [1.29, 1.82) is 0 Å². The van der Waals surface area contributed by atoms with Gasteiger partial charge >= 0.3 is 6.36 Å². The summed E-state index contributed by atoms with van der Waals surface area (Å²) in [5, 5.41) is 3.37. The number of unbranched alkanes of at least 4 members (excludes halogenated alkanes) is 1. The normalized spacial score (nSPS) is 19.9. The third kappa shape index (κ3) is 5.98. The summed E-state index contributed by atoms with van der Waals surface area (Å²) in [6.45, 7) is 2.50. The van der Waals surface area contributed by atoms with Crippen LogP contribution in [-0.4, -0.2) is 33.2 Å². The zero-order valence-electron chi connectivity index (χ0n) is 14.1. The van der Waals surface area contributed by atoms with Gasteiger partial charge in [0.2, 0.25) is 0 Å². The minimum Gasteiger partial charge on any atom is -0.405 e. The summed E-state index contributed by atoms with van der Waals surface area (Å²) in [6, 6.07) is 6.57. The lowest BCUT2D eigenvalue weighted by Gasteiger charge is -2.32. The minimum atomic E-state index is -4.67. The fourth-order valence-corrected chi connectivity index (χ4v) is 3.48. The summed E-state index contributed by atoms with van der Waals surface area (Å²) in [7, 11) is 1.66. The van der Waals surface area contributed by atoms with E-state index in [0.29, 0.717) is 18.1 Å². The van der Waals surface area contributed by atoms with Crippen molar-refractivity contribution in [2.75, 3.05) is 26.8 Å². The molecule has 1 aliphatic rings. The van der Waals surface area contributed by atoms with E-state index in [1.807, 2.05) is 0 Å². The highest BCUT2D eigenvalue weighted by atomic mass is 19.4. The molecule has 2 atom stereocenters. The molecule has 1 aliphatic heterocycles. The van der Waals surface area contributed by atoms with Crippen LogP contribution in [0, 0.1) is 5.92 Å². The third-order valence-corrected chi connectivity index (χ3v) is 4.56. The Bertz CT molecular complexity index is 487. The van der Waals surface area contributed by atoms with Crippen LogP contribution in [0.4, 0.5) is 13.2 Å². The molecule has 1 heterocycles. The SMILES string of the molecule is COCCCC[C@H](c1ccccc1OC(F)(F)F)[C@H]1CCCNC1. The second kappa shape index (κ2) is 9.28. The topological polar surface area (TPSA) is 30.5 Å². The van der Waals surface area contributed by atoms with Gasteiger partial charge in [-0.15, -0.1) is 13.2 Å². The molecular formula is C18H26F3NO2. The number of benzene rings is 1. The Morgan fingerprint density at radius 1 is 1.25 bits per heavy atom. The second-order valence-electron chi connectivity index (χ2n) is 6.29. The lowest BCUT2D eigenvalue weighted by atomic mass is 9.78. The summed E-state index contributed by atoms with van der Waals surface area (Å²) in [6.07, 6.45) is 0.101. The molecule has 0 aliphatic carbocycles. The smallest absolute Gasteiger partial charge is 0.405 e. The average Bonchev–Trinajstić information content (AvgIpc) is 2.55. The Labute approximate surface area is 141 Å². The maximum absolute atomic E-state index is 12.7. The first-order chi connectivity index (χ1) is 11.5. The van der Waals surface area contributed by atoms with Gasteiger partial charge in [0.15, 0.2) is 0 Å². The molecule has 24 heavy (non-hydrogen) atoms. The number of hydrogen-bond acceptors (Lipinski definition) is 3. The van der Waals surface area contributed by atoms with Crippen molar-refractivity contribution in [3.05, 3.63) is 29.8 Å². The molecule has 0 radical (unpaired) electrons. The van der Waals surface area contributed by atoms with Crippen LogP contribution in [0.25, 0.3) is 0 Å². The van der Waals surface area contributed by atoms with Crippen LogP contribution in [0.1, 0.15) is 43.6 Å². The monoisotopic (exact) mass is 345 g/mol. The van der Waals surface area contributed by atoms with E-state index in [1.165, 1.54) is 6.07 Å². The number of nitrogens with one attached hydrogen (secondary N) is 1. The Morgan fingerprint density at radius 2 is 2.04 bits per heavy atom. The summed E-state index contributed by atoms with van der Waals surface area (Å²) in [5.41, 5.74) is 0.668. The number of para-hydroxylation sites is 1. The predicted molar refractivity (Wildman–Crippen MR) is 87.2 cm³/mol. The summed E-state index contributed by atoms with van der Waals surface area (Å²) in [4.78, 5) is 0. The summed E-state index contributed by atoms with van der Waals surface area (Å²) >= 11 is 0. The van der Waals surface area contributed by atoms with Crippen LogP contribution in [0.15, 0.2) is 24.3 Å². The van der Waals surface area contributed by atoms with Gasteiger partial charge in [0.1, 0.15) is 5.75 Å². The molecule has 0 spiro atoms. The molecule has 1 fully saturated rings. The van der Waals surface area contributed by atoms with Gasteiger partial charge < -0.3 is 14.8 Å². The zero-order valence-corrected chi connectivity index (χ0v) is 14.1. The van der Waals surface area contributed by atoms with Gasteiger partial charge in [-0.25, -0.2) is 0 Å². The lowest BCUT2D eigenvalue weighted by Crippen LogP contribution is -2.33. The van der Waals surface area contributed by atoms with Gasteiger partial charge in [-0.3, -0.25) is 0 Å². The number of hydrogen-bond donors (Lipinski definition) is 1. The van der Waals surface area contributed by atoms with E-state index < -0.39 is 6.36 Å². The fraction of sp³-hybridized carbons (Fsp3) is 0.667. The molecule has 136 valence electrons. The van der Waals surface area contributed by atoms with Gasteiger partial charge in [0.05, 0.1) is 0 Å². The molecule has 1 aromatic carbocycles. The van der Waals surface area contributed by atoms with Gasteiger partial charge in [-0.05, 0) is 62.2 Å². The molecule has 0 bridgehead atoms. The zero-order chi connectivity index (χ0) is 17.4. The van der Waals surface area contributed by atoms with Crippen molar-refractivity contribution < 1.29 is 22.6 Å². The van der Waals surface area contributed by atoms with E-state index in [1.54, 1.807) is 25.3 Å². The van der Waals surface area contributed by atoms with Crippen molar-refractivity contribution in [2.45, 2.75) is 44.4 Å². The molecule has 0 saturated carbocycles. The van der Waals surface area contributed by atoms with E-state index in [0.717, 1.165) is 45.2 Å². The Balaban J connectivity index is 2.18. The summed E-state index contributed by atoms with van der Waals surface area (Å²) in [5.74, 6) is 0.333. The van der Waals surface area contributed by atoms with Crippen LogP contribution in [0.5, 0.6) is 5.75 Å². The van der Waals surface area contributed by atoms with Crippen LogP contribution >= 0.6 is 0 Å². The molecule has 0 amide bonds. The second-order valence-corrected chi connectivity index (χ2v) is 6.29. The molecule has 1 N–H and O–H groups in total. The molecule has 0 unspecified atom stereocenters. The molecule has 6 heteroatoms. The Morgan fingerprint density at radius 3 is 2.71 bits per heavy atom. The van der Waals surface area contributed by atoms with Crippen molar-refractivity contribution in [3.63, 3.8) is 0 Å². The van der Waals surface area contributed by atoms with Gasteiger partial charge in [-0.2, -0.15) is 0 Å². The molecule has 3 nitrogen and oxygen atoms in total.